The van der Waals surface area contributed by atoms with Gasteiger partial charge in [-0.15, -0.1) is 6.58 Å². The molecule has 5 atom stereocenters. The molecule has 0 aliphatic carbocycles. The lowest BCUT2D eigenvalue weighted by Crippen LogP contribution is -2.65. The maximum Gasteiger partial charge on any atom is 0.305 e. The number of rotatable bonds is 20. The Balaban J connectivity index is 1.33. The number of benzene rings is 5. The molecule has 1 heterocycles. The van der Waals surface area contributed by atoms with Crippen LogP contribution in [0.5, 0.6) is 0 Å². The van der Waals surface area contributed by atoms with Crippen molar-refractivity contribution in [1.29, 1.82) is 0 Å². The van der Waals surface area contributed by atoms with Gasteiger partial charge in [0.1, 0.15) is 18.3 Å². The Kier molecular flexibility index (Phi) is 15.4. The van der Waals surface area contributed by atoms with Gasteiger partial charge in [0.05, 0.1) is 26.4 Å². The van der Waals surface area contributed by atoms with Gasteiger partial charge in [0, 0.05) is 19.1 Å². The summed E-state index contributed by atoms with van der Waals surface area (Å²) >= 11 is 0. The molecule has 0 radical (unpaired) electrons. The van der Waals surface area contributed by atoms with Crippen LogP contribution in [0.25, 0.3) is 0 Å². The fourth-order valence-electron chi connectivity index (χ4n) is 7.03. The smallest absolute Gasteiger partial charge is 0.305 e. The molecule has 1 aliphatic rings. The van der Waals surface area contributed by atoms with Gasteiger partial charge in [-0.1, -0.05) is 133 Å². The Labute approximate surface area is 337 Å². The van der Waals surface area contributed by atoms with Crippen LogP contribution >= 0.6 is 0 Å². The zero-order valence-electron chi connectivity index (χ0n) is 33.0. The van der Waals surface area contributed by atoms with E-state index in [1.165, 1.54) is 12.5 Å². The first-order chi connectivity index (χ1) is 27.8. The van der Waals surface area contributed by atoms with Gasteiger partial charge in [-0.05, 0) is 77.6 Å². The summed E-state index contributed by atoms with van der Waals surface area (Å²) in [4.78, 5) is 12.7. The summed E-state index contributed by atoms with van der Waals surface area (Å²) in [5.74, 6) is -2.71. The number of hydrogen-bond acceptors (Lipinski definition) is 8. The van der Waals surface area contributed by atoms with Crippen molar-refractivity contribution in [2.45, 2.75) is 89.7 Å². The molecule has 1 fully saturated rings. The molecule has 5 aromatic carbocycles. The molecule has 298 valence electrons. The molecule has 1 saturated heterocycles. The zero-order chi connectivity index (χ0) is 39.9. The van der Waals surface area contributed by atoms with Crippen molar-refractivity contribution < 1.29 is 38.3 Å². The fraction of sp³-hybridized carbons (Fsp3) is 0.327. The molecule has 8 nitrogen and oxygen atoms in total. The van der Waals surface area contributed by atoms with Gasteiger partial charge in [-0.3, -0.25) is 4.79 Å². The van der Waals surface area contributed by atoms with Crippen LogP contribution in [-0.2, 0) is 71.7 Å². The molecule has 57 heavy (non-hydrogen) atoms. The Hall–Kier alpha value is -4.93. The lowest BCUT2D eigenvalue weighted by atomic mass is 9.87. The highest BCUT2D eigenvalue weighted by Gasteiger charge is 2.58. The second-order valence-corrected chi connectivity index (χ2v) is 14.5. The topological polar surface area (TPSA) is 92.7 Å². The number of ether oxygens (including phenoxy) is 6. The number of aryl methyl sites for hydroxylation is 2. The minimum Gasteiger partial charge on any atom is -0.433 e. The Bertz CT molecular complexity index is 1970. The number of esters is 1. The average Bonchev–Trinajstić information content (AvgIpc) is 3.23. The second kappa shape index (κ2) is 21.0. The fourth-order valence-corrected chi connectivity index (χ4v) is 7.03. The van der Waals surface area contributed by atoms with Crippen molar-refractivity contribution >= 4 is 5.97 Å². The normalized spacial score (nSPS) is 20.5. The first kappa shape index (κ1) is 41.7. The van der Waals surface area contributed by atoms with Crippen LogP contribution in [0.3, 0.4) is 0 Å². The van der Waals surface area contributed by atoms with Gasteiger partial charge in [0.25, 0.3) is 0 Å². The van der Waals surface area contributed by atoms with Crippen molar-refractivity contribution in [2.24, 2.45) is 0 Å². The van der Waals surface area contributed by atoms with E-state index in [1.807, 2.05) is 109 Å². The van der Waals surface area contributed by atoms with Gasteiger partial charge < -0.3 is 33.5 Å². The van der Waals surface area contributed by atoms with Gasteiger partial charge in [-0.2, -0.15) is 0 Å². The summed E-state index contributed by atoms with van der Waals surface area (Å²) in [6.07, 6.45) is 1.05. The van der Waals surface area contributed by atoms with Gasteiger partial charge in [-0.25, -0.2) is 0 Å². The van der Waals surface area contributed by atoms with E-state index in [0.29, 0.717) is 18.6 Å². The van der Waals surface area contributed by atoms with E-state index in [4.69, 9.17) is 28.4 Å². The molecule has 0 saturated carbocycles. The van der Waals surface area contributed by atoms with Crippen molar-refractivity contribution in [3.63, 3.8) is 0 Å². The predicted molar refractivity (Wildman–Crippen MR) is 220 cm³/mol. The molecule has 0 aromatic heterocycles. The highest BCUT2D eigenvalue weighted by molar-refractivity contribution is 5.66. The summed E-state index contributed by atoms with van der Waals surface area (Å²) in [5, 5.41) is 13.0. The third kappa shape index (κ3) is 11.8. The predicted octanol–water partition coefficient (Wildman–Crippen LogP) is 8.93. The van der Waals surface area contributed by atoms with E-state index in [-0.39, 0.29) is 19.8 Å². The molecular formula is C49H54O8. The molecule has 0 amide bonds. The highest BCUT2D eigenvalue weighted by Crippen LogP contribution is 2.42. The maximum absolute atomic E-state index is 13.0. The van der Waals surface area contributed by atoms with Crippen molar-refractivity contribution in [3.8, 4) is 0 Å². The van der Waals surface area contributed by atoms with Crippen LogP contribution < -0.4 is 0 Å². The SMILES string of the molecule is C=CCOCCCCc1ccc(Cc2cc([C@]3(O)O[C@H](OC(C)=O)[C@H](OCc4ccccc4)[C@H](OCc4ccccc4)[C@H]3OCc3ccccc3)ccc2C)cc1. The molecule has 6 rings (SSSR count). The third-order valence-electron chi connectivity index (χ3n) is 10.1. The number of aliphatic hydroxyl groups is 1. The monoisotopic (exact) mass is 770 g/mol. The zero-order valence-corrected chi connectivity index (χ0v) is 33.0. The van der Waals surface area contributed by atoms with E-state index < -0.39 is 36.4 Å². The minimum absolute atomic E-state index is 0.152. The van der Waals surface area contributed by atoms with Crippen LogP contribution in [0.15, 0.2) is 146 Å². The molecule has 5 aromatic rings. The van der Waals surface area contributed by atoms with Crippen molar-refractivity contribution in [2.75, 3.05) is 13.2 Å². The number of unbranched alkanes of at least 4 members (excludes halogenated alkanes) is 1. The summed E-state index contributed by atoms with van der Waals surface area (Å²) in [7, 11) is 0. The van der Waals surface area contributed by atoms with Crippen LogP contribution in [0, 0.1) is 6.92 Å². The van der Waals surface area contributed by atoms with E-state index in [2.05, 4.69) is 37.8 Å². The Morgan fingerprint density at radius 3 is 1.86 bits per heavy atom. The Morgan fingerprint density at radius 2 is 1.28 bits per heavy atom. The molecule has 0 spiro atoms. The first-order valence-corrected chi connectivity index (χ1v) is 19.7. The molecule has 0 unspecified atom stereocenters. The third-order valence-corrected chi connectivity index (χ3v) is 10.1. The summed E-state index contributed by atoms with van der Waals surface area (Å²) < 4.78 is 37.9. The highest BCUT2D eigenvalue weighted by atomic mass is 16.8. The number of carbonyl (C=O) groups excluding carboxylic acids is 1. The van der Waals surface area contributed by atoms with Gasteiger partial charge in [0.15, 0.2) is 0 Å². The van der Waals surface area contributed by atoms with Crippen LogP contribution in [0.2, 0.25) is 0 Å². The summed E-state index contributed by atoms with van der Waals surface area (Å²) in [5.41, 5.74) is 7.65. The first-order valence-electron chi connectivity index (χ1n) is 19.7. The van der Waals surface area contributed by atoms with E-state index >= 15 is 0 Å². The lowest BCUT2D eigenvalue weighted by Gasteiger charge is -2.49. The van der Waals surface area contributed by atoms with E-state index in [9.17, 15) is 9.90 Å². The van der Waals surface area contributed by atoms with E-state index in [1.54, 1.807) is 6.08 Å². The molecule has 1 aliphatic heterocycles. The van der Waals surface area contributed by atoms with Crippen molar-refractivity contribution in [1.82, 2.24) is 0 Å². The van der Waals surface area contributed by atoms with Crippen LogP contribution in [0.4, 0.5) is 0 Å². The molecule has 1 N–H and O–H groups in total. The molecular weight excluding hydrogens is 717 g/mol. The number of carbonyl (C=O) groups is 1. The standard InChI is InChI=1S/C49H54O8/c1-4-29-52-30-15-14-16-38-24-26-39(27-25-38)31-43-32-44(28-23-36(43)2)49(51)47(55-35-42-21-12-7-13-22-42)45(53-33-40-17-8-5-9-18-40)46(48(57-49)56-37(3)50)54-34-41-19-10-6-11-20-41/h4-13,17-28,32,45-48,51H,1,14-16,29-31,33-35H2,2-3H3/t45-,46+,47+,48-,49-/m0/s1. The van der Waals surface area contributed by atoms with E-state index in [0.717, 1.165) is 59.3 Å². The average molecular weight is 771 g/mol. The summed E-state index contributed by atoms with van der Waals surface area (Å²) in [6, 6.07) is 43.6. The second-order valence-electron chi connectivity index (χ2n) is 14.5. The van der Waals surface area contributed by atoms with Gasteiger partial charge >= 0.3 is 5.97 Å². The Morgan fingerprint density at radius 1 is 0.719 bits per heavy atom. The lowest BCUT2D eigenvalue weighted by molar-refractivity contribution is -0.407. The van der Waals surface area contributed by atoms with Crippen LogP contribution in [0.1, 0.15) is 64.3 Å². The summed E-state index contributed by atoms with van der Waals surface area (Å²) in [6.45, 7) is 8.89. The largest absolute Gasteiger partial charge is 0.433 e. The maximum atomic E-state index is 13.0. The van der Waals surface area contributed by atoms with Gasteiger partial charge in [0.2, 0.25) is 12.1 Å². The number of hydrogen-bond donors (Lipinski definition) is 1. The van der Waals surface area contributed by atoms with Crippen molar-refractivity contribution in [3.05, 3.63) is 191 Å². The molecule has 0 bridgehead atoms. The minimum atomic E-state index is -2.12. The molecule has 8 heteroatoms. The van der Waals surface area contributed by atoms with Crippen LogP contribution in [-0.4, -0.2) is 48.9 Å². The quantitative estimate of drug-likeness (QED) is 0.0477.